The smallest absolute Gasteiger partial charge is 0.276 e. The van der Waals surface area contributed by atoms with Gasteiger partial charge in [0, 0.05) is 12.7 Å². The first kappa shape index (κ1) is 15.0. The average molecular weight is 286 g/mol. The van der Waals surface area contributed by atoms with Gasteiger partial charge < -0.3 is 10.8 Å². The van der Waals surface area contributed by atoms with Gasteiger partial charge in [0.2, 0.25) is 0 Å². The molecule has 0 fully saturated rings. The zero-order valence-electron chi connectivity index (χ0n) is 11.8. The highest BCUT2D eigenvalue weighted by Gasteiger charge is 2.16. The summed E-state index contributed by atoms with van der Waals surface area (Å²) in [4.78, 5) is 12.4. The van der Waals surface area contributed by atoms with Crippen molar-refractivity contribution in [1.82, 2.24) is 9.78 Å². The molecular formula is C15H18N4O2. The highest BCUT2D eigenvalue weighted by Crippen LogP contribution is 2.22. The second kappa shape index (κ2) is 6.39. The van der Waals surface area contributed by atoms with Crippen LogP contribution in [0, 0.1) is 11.3 Å². The highest BCUT2D eigenvalue weighted by molar-refractivity contribution is 5.67. The number of aromatic amines is 1. The van der Waals surface area contributed by atoms with Crippen molar-refractivity contribution in [3.05, 3.63) is 45.9 Å². The standard InChI is InChI=1S/C15H18N4O2/c1-2-3-14(20)19-15(21)13(9-18-19)12-5-4-10(7-16)6-11(12)8-17/h4-6,9,14,18,20H,2-3,8,17H2,1H3. The number of nitrogens with one attached hydrogen (secondary N) is 1. The van der Waals surface area contributed by atoms with Crippen molar-refractivity contribution in [3.63, 3.8) is 0 Å². The number of aliphatic hydroxyl groups excluding tert-OH is 1. The van der Waals surface area contributed by atoms with Crippen molar-refractivity contribution < 1.29 is 5.11 Å². The van der Waals surface area contributed by atoms with E-state index in [1.54, 1.807) is 24.4 Å². The van der Waals surface area contributed by atoms with Crippen LogP contribution in [0.3, 0.4) is 0 Å². The van der Waals surface area contributed by atoms with Crippen molar-refractivity contribution >= 4 is 0 Å². The average Bonchev–Trinajstić information content (AvgIpc) is 2.88. The van der Waals surface area contributed by atoms with Gasteiger partial charge in [-0.2, -0.15) is 5.26 Å². The maximum absolute atomic E-state index is 12.4. The van der Waals surface area contributed by atoms with Gasteiger partial charge in [0.1, 0.15) is 6.23 Å². The molecule has 0 saturated carbocycles. The Morgan fingerprint density at radius 1 is 1.48 bits per heavy atom. The zero-order valence-corrected chi connectivity index (χ0v) is 11.8. The molecule has 0 spiro atoms. The largest absolute Gasteiger partial charge is 0.372 e. The van der Waals surface area contributed by atoms with Gasteiger partial charge in [0.05, 0.1) is 17.2 Å². The van der Waals surface area contributed by atoms with Crippen LogP contribution in [0.1, 0.15) is 37.1 Å². The molecular weight excluding hydrogens is 268 g/mol. The number of aromatic nitrogens is 2. The number of H-pyrrole nitrogens is 1. The van der Waals surface area contributed by atoms with Gasteiger partial charge in [-0.15, -0.1) is 0 Å². The maximum atomic E-state index is 12.4. The van der Waals surface area contributed by atoms with E-state index in [1.165, 1.54) is 4.68 Å². The van der Waals surface area contributed by atoms with Gasteiger partial charge in [-0.1, -0.05) is 19.4 Å². The summed E-state index contributed by atoms with van der Waals surface area (Å²) in [6.45, 7) is 2.16. The molecule has 6 heteroatoms. The molecule has 1 atom stereocenters. The molecule has 0 aliphatic heterocycles. The van der Waals surface area contributed by atoms with Gasteiger partial charge in [-0.25, -0.2) is 4.68 Å². The van der Waals surface area contributed by atoms with E-state index in [0.717, 1.165) is 12.0 Å². The molecule has 0 saturated heterocycles. The maximum Gasteiger partial charge on any atom is 0.276 e. The van der Waals surface area contributed by atoms with E-state index in [1.807, 2.05) is 13.0 Å². The monoisotopic (exact) mass is 286 g/mol. The molecule has 2 rings (SSSR count). The van der Waals surface area contributed by atoms with Crippen molar-refractivity contribution in [1.29, 1.82) is 5.26 Å². The summed E-state index contributed by atoms with van der Waals surface area (Å²) >= 11 is 0. The lowest BCUT2D eigenvalue weighted by Gasteiger charge is -2.09. The van der Waals surface area contributed by atoms with E-state index >= 15 is 0 Å². The molecule has 0 aliphatic carbocycles. The van der Waals surface area contributed by atoms with Gasteiger partial charge in [-0.3, -0.25) is 9.89 Å². The molecule has 1 unspecified atom stereocenters. The molecule has 1 aromatic carbocycles. The number of aliphatic hydroxyl groups is 1. The Morgan fingerprint density at radius 3 is 2.86 bits per heavy atom. The predicted molar refractivity (Wildman–Crippen MR) is 79.3 cm³/mol. The Kier molecular flexibility index (Phi) is 4.58. The van der Waals surface area contributed by atoms with Crippen LogP contribution >= 0.6 is 0 Å². The summed E-state index contributed by atoms with van der Waals surface area (Å²) in [5.41, 5.74) is 7.75. The van der Waals surface area contributed by atoms with Gasteiger partial charge in [-0.05, 0) is 29.7 Å². The summed E-state index contributed by atoms with van der Waals surface area (Å²) in [5, 5.41) is 21.6. The number of rotatable bonds is 5. The summed E-state index contributed by atoms with van der Waals surface area (Å²) in [6, 6.07) is 7.08. The summed E-state index contributed by atoms with van der Waals surface area (Å²) in [5.74, 6) is 0. The minimum absolute atomic E-state index is 0.229. The lowest BCUT2D eigenvalue weighted by molar-refractivity contribution is 0.0776. The number of nitriles is 1. The first-order chi connectivity index (χ1) is 10.1. The minimum atomic E-state index is -0.865. The fourth-order valence-electron chi connectivity index (χ4n) is 2.28. The molecule has 1 heterocycles. The summed E-state index contributed by atoms with van der Waals surface area (Å²) < 4.78 is 1.21. The van der Waals surface area contributed by atoms with E-state index in [9.17, 15) is 9.90 Å². The molecule has 0 aliphatic rings. The van der Waals surface area contributed by atoms with Crippen LogP contribution in [0.5, 0.6) is 0 Å². The van der Waals surface area contributed by atoms with E-state index in [2.05, 4.69) is 5.10 Å². The third-order valence-electron chi connectivity index (χ3n) is 3.39. The number of benzene rings is 1. The van der Waals surface area contributed by atoms with E-state index in [0.29, 0.717) is 23.1 Å². The normalized spacial score (nSPS) is 12.1. The second-order valence-electron chi connectivity index (χ2n) is 4.82. The third kappa shape index (κ3) is 2.89. The second-order valence-corrected chi connectivity index (χ2v) is 4.82. The Bertz CT molecular complexity index is 724. The topological polar surface area (TPSA) is 108 Å². The van der Waals surface area contributed by atoms with Crippen LogP contribution in [-0.4, -0.2) is 14.9 Å². The molecule has 1 aromatic heterocycles. The van der Waals surface area contributed by atoms with Crippen LogP contribution in [0.15, 0.2) is 29.2 Å². The van der Waals surface area contributed by atoms with Crippen LogP contribution in [0.25, 0.3) is 11.1 Å². The van der Waals surface area contributed by atoms with Crippen LogP contribution in [0.4, 0.5) is 0 Å². The van der Waals surface area contributed by atoms with Crippen molar-refractivity contribution in [2.24, 2.45) is 5.73 Å². The van der Waals surface area contributed by atoms with Crippen LogP contribution in [0.2, 0.25) is 0 Å². The number of nitrogens with two attached hydrogens (primary N) is 1. The first-order valence-corrected chi connectivity index (χ1v) is 6.83. The predicted octanol–water partition coefficient (Wildman–Crippen LogP) is 1.46. The molecule has 4 N–H and O–H groups in total. The van der Waals surface area contributed by atoms with Crippen LogP contribution in [-0.2, 0) is 6.54 Å². The third-order valence-corrected chi connectivity index (χ3v) is 3.39. The number of hydrogen-bond donors (Lipinski definition) is 3. The van der Waals surface area contributed by atoms with Gasteiger partial charge in [0.25, 0.3) is 5.56 Å². The first-order valence-electron chi connectivity index (χ1n) is 6.83. The summed E-state index contributed by atoms with van der Waals surface area (Å²) in [7, 11) is 0. The lowest BCUT2D eigenvalue weighted by Crippen LogP contribution is -2.23. The Balaban J connectivity index is 2.49. The van der Waals surface area contributed by atoms with E-state index in [4.69, 9.17) is 11.0 Å². The Hall–Kier alpha value is -2.36. The SMILES string of the molecule is CCCC(O)n1[nH]cc(-c2ccc(C#N)cc2CN)c1=O. The lowest BCUT2D eigenvalue weighted by atomic mass is 10.00. The number of hydrogen-bond acceptors (Lipinski definition) is 4. The van der Waals surface area contributed by atoms with E-state index in [-0.39, 0.29) is 12.1 Å². The summed E-state index contributed by atoms with van der Waals surface area (Å²) in [6.07, 6.45) is 1.96. The zero-order chi connectivity index (χ0) is 15.4. The van der Waals surface area contributed by atoms with Crippen LogP contribution < -0.4 is 11.3 Å². The Labute approximate surface area is 122 Å². The highest BCUT2D eigenvalue weighted by atomic mass is 16.3. The van der Waals surface area contributed by atoms with Crippen molar-refractivity contribution in [2.45, 2.75) is 32.5 Å². The molecule has 0 bridgehead atoms. The molecule has 6 nitrogen and oxygen atoms in total. The molecule has 0 amide bonds. The van der Waals surface area contributed by atoms with Crippen molar-refractivity contribution in [2.75, 3.05) is 0 Å². The minimum Gasteiger partial charge on any atom is -0.372 e. The van der Waals surface area contributed by atoms with Gasteiger partial charge in [0.15, 0.2) is 0 Å². The van der Waals surface area contributed by atoms with Crippen molar-refractivity contribution in [3.8, 4) is 17.2 Å². The fraction of sp³-hybridized carbons (Fsp3) is 0.333. The molecule has 21 heavy (non-hydrogen) atoms. The molecule has 110 valence electrons. The van der Waals surface area contributed by atoms with Gasteiger partial charge >= 0.3 is 0 Å². The number of nitrogens with zero attached hydrogens (tertiary/aromatic N) is 2. The fourth-order valence-corrected chi connectivity index (χ4v) is 2.28. The molecule has 0 radical (unpaired) electrons. The quantitative estimate of drug-likeness (QED) is 0.773. The Morgan fingerprint density at radius 2 is 2.24 bits per heavy atom. The molecule has 2 aromatic rings. The van der Waals surface area contributed by atoms with E-state index < -0.39 is 6.23 Å².